The summed E-state index contributed by atoms with van der Waals surface area (Å²) in [5, 5.41) is 3.50. The Morgan fingerprint density at radius 1 is 1.27 bits per heavy atom. The van der Waals surface area contributed by atoms with E-state index in [4.69, 9.17) is 10.5 Å². The molecule has 116 valence electrons. The number of fused-ring (bicyclic) bond motifs is 1. The van der Waals surface area contributed by atoms with Crippen molar-refractivity contribution in [3.63, 3.8) is 0 Å². The Bertz CT molecular complexity index is 680. The number of carbonyl (C=O) groups is 2. The number of carbonyl (C=O) groups excluding carboxylic acids is 2. The van der Waals surface area contributed by atoms with Crippen molar-refractivity contribution in [2.24, 2.45) is 11.7 Å². The predicted molar refractivity (Wildman–Crippen MR) is 83.2 cm³/mol. The summed E-state index contributed by atoms with van der Waals surface area (Å²) < 4.78 is 5.51. The number of pyridine rings is 1. The van der Waals surface area contributed by atoms with Crippen molar-refractivity contribution in [3.05, 3.63) is 36.5 Å². The van der Waals surface area contributed by atoms with Gasteiger partial charge in [-0.25, -0.2) is 0 Å². The van der Waals surface area contributed by atoms with Gasteiger partial charge in [-0.05, 0) is 18.1 Å². The van der Waals surface area contributed by atoms with Gasteiger partial charge in [-0.15, -0.1) is 0 Å². The van der Waals surface area contributed by atoms with Gasteiger partial charge in [-0.1, -0.05) is 32.0 Å². The van der Waals surface area contributed by atoms with Crippen LogP contribution in [0.3, 0.4) is 0 Å². The fourth-order valence-electron chi connectivity index (χ4n) is 2.12. The minimum atomic E-state index is -0.707. The van der Waals surface area contributed by atoms with Crippen LogP contribution in [0.25, 0.3) is 10.9 Å². The van der Waals surface area contributed by atoms with E-state index >= 15 is 0 Å². The molecule has 2 amide bonds. The minimum absolute atomic E-state index is 0.0827. The zero-order valence-corrected chi connectivity index (χ0v) is 12.6. The number of benzene rings is 1. The van der Waals surface area contributed by atoms with E-state index in [1.165, 1.54) is 0 Å². The van der Waals surface area contributed by atoms with Crippen LogP contribution in [0.1, 0.15) is 13.8 Å². The maximum absolute atomic E-state index is 11.9. The van der Waals surface area contributed by atoms with Crippen molar-refractivity contribution in [1.82, 2.24) is 10.3 Å². The smallest absolute Gasteiger partial charge is 0.258 e. The van der Waals surface area contributed by atoms with Crippen LogP contribution in [0.2, 0.25) is 0 Å². The molecule has 6 nitrogen and oxygen atoms in total. The number of para-hydroxylation sites is 1. The van der Waals surface area contributed by atoms with E-state index in [1.54, 1.807) is 12.3 Å². The molecule has 0 spiro atoms. The highest BCUT2D eigenvalue weighted by atomic mass is 16.5. The Morgan fingerprint density at radius 3 is 2.68 bits per heavy atom. The molecule has 0 aliphatic carbocycles. The van der Waals surface area contributed by atoms with E-state index in [9.17, 15) is 9.59 Å². The predicted octanol–water partition coefficient (Wildman–Crippen LogP) is 1.24. The van der Waals surface area contributed by atoms with Crippen molar-refractivity contribution in [2.75, 3.05) is 6.61 Å². The molecule has 1 heterocycles. The zero-order valence-electron chi connectivity index (χ0n) is 12.6. The van der Waals surface area contributed by atoms with Crippen molar-refractivity contribution >= 4 is 22.7 Å². The second-order valence-electron chi connectivity index (χ2n) is 5.31. The molecular formula is C16H19N3O3. The first-order chi connectivity index (χ1) is 10.5. The van der Waals surface area contributed by atoms with Crippen LogP contribution in [-0.2, 0) is 9.59 Å². The molecule has 22 heavy (non-hydrogen) atoms. The molecule has 2 rings (SSSR count). The van der Waals surface area contributed by atoms with Crippen LogP contribution in [-0.4, -0.2) is 29.4 Å². The third-order valence-corrected chi connectivity index (χ3v) is 3.24. The lowest BCUT2D eigenvalue weighted by atomic mass is 10.0. The van der Waals surface area contributed by atoms with E-state index in [0.29, 0.717) is 11.3 Å². The summed E-state index contributed by atoms with van der Waals surface area (Å²) in [6.07, 6.45) is 1.66. The number of nitrogens with two attached hydrogens (primary N) is 1. The van der Waals surface area contributed by atoms with Crippen molar-refractivity contribution in [1.29, 1.82) is 0 Å². The lowest BCUT2D eigenvalue weighted by molar-refractivity contribution is -0.129. The molecule has 6 heteroatoms. The van der Waals surface area contributed by atoms with Gasteiger partial charge in [-0.2, -0.15) is 0 Å². The van der Waals surface area contributed by atoms with Gasteiger partial charge in [0.1, 0.15) is 17.3 Å². The second-order valence-corrected chi connectivity index (χ2v) is 5.31. The fraction of sp³-hybridized carbons (Fsp3) is 0.312. The first-order valence-corrected chi connectivity index (χ1v) is 7.04. The number of hydrogen-bond acceptors (Lipinski definition) is 4. The summed E-state index contributed by atoms with van der Waals surface area (Å²) >= 11 is 0. The van der Waals surface area contributed by atoms with Crippen molar-refractivity contribution in [3.8, 4) is 5.75 Å². The van der Waals surface area contributed by atoms with Gasteiger partial charge in [0, 0.05) is 11.6 Å². The molecule has 0 aliphatic heterocycles. The Kier molecular flexibility index (Phi) is 4.93. The number of aromatic nitrogens is 1. The average molecular weight is 301 g/mol. The van der Waals surface area contributed by atoms with Crippen LogP contribution in [0.15, 0.2) is 36.5 Å². The molecule has 0 aliphatic rings. The highest BCUT2D eigenvalue weighted by molar-refractivity contribution is 5.88. The van der Waals surface area contributed by atoms with Gasteiger partial charge < -0.3 is 15.8 Å². The number of hydrogen-bond donors (Lipinski definition) is 2. The summed E-state index contributed by atoms with van der Waals surface area (Å²) in [5.41, 5.74) is 5.95. The van der Waals surface area contributed by atoms with Crippen molar-refractivity contribution in [2.45, 2.75) is 19.9 Å². The summed E-state index contributed by atoms with van der Waals surface area (Å²) in [7, 11) is 0. The molecular weight excluding hydrogens is 282 g/mol. The third-order valence-electron chi connectivity index (χ3n) is 3.24. The van der Waals surface area contributed by atoms with E-state index in [0.717, 1.165) is 5.39 Å². The molecule has 0 saturated heterocycles. The topological polar surface area (TPSA) is 94.3 Å². The SMILES string of the molecule is CC(C)C(NC(=O)COc1cccc2cccnc12)C(N)=O. The molecule has 2 aromatic rings. The van der Waals surface area contributed by atoms with Crippen LogP contribution >= 0.6 is 0 Å². The summed E-state index contributed by atoms with van der Waals surface area (Å²) in [6, 6.07) is 8.53. The normalized spacial score (nSPS) is 12.1. The maximum Gasteiger partial charge on any atom is 0.258 e. The number of primary amides is 1. The van der Waals surface area contributed by atoms with Crippen LogP contribution in [0, 0.1) is 5.92 Å². The first-order valence-electron chi connectivity index (χ1n) is 7.04. The van der Waals surface area contributed by atoms with Gasteiger partial charge in [0.25, 0.3) is 5.91 Å². The summed E-state index contributed by atoms with van der Waals surface area (Å²) in [5.74, 6) is -0.519. The Hall–Kier alpha value is -2.63. The van der Waals surface area contributed by atoms with Crippen LogP contribution in [0.5, 0.6) is 5.75 Å². The first kappa shape index (κ1) is 15.8. The Labute approximate surface area is 128 Å². The largest absolute Gasteiger partial charge is 0.481 e. The summed E-state index contributed by atoms with van der Waals surface area (Å²) in [4.78, 5) is 27.4. The molecule has 3 N–H and O–H groups in total. The molecule has 1 aromatic heterocycles. The molecule has 0 radical (unpaired) electrons. The number of nitrogens with zero attached hydrogens (tertiary/aromatic N) is 1. The van der Waals surface area contributed by atoms with Crippen molar-refractivity contribution < 1.29 is 14.3 Å². The molecule has 0 bridgehead atoms. The van der Waals surface area contributed by atoms with Gasteiger partial charge in [0.2, 0.25) is 5.91 Å². The Morgan fingerprint density at radius 2 is 2.00 bits per heavy atom. The highest BCUT2D eigenvalue weighted by Gasteiger charge is 2.21. The average Bonchev–Trinajstić information content (AvgIpc) is 2.49. The minimum Gasteiger partial charge on any atom is -0.481 e. The molecule has 0 fully saturated rings. The maximum atomic E-state index is 11.9. The number of nitrogens with one attached hydrogen (secondary N) is 1. The quantitative estimate of drug-likeness (QED) is 0.839. The number of ether oxygens (including phenoxy) is 1. The highest BCUT2D eigenvalue weighted by Crippen LogP contribution is 2.22. The van der Waals surface area contributed by atoms with E-state index in [-0.39, 0.29) is 12.5 Å². The van der Waals surface area contributed by atoms with E-state index < -0.39 is 17.9 Å². The molecule has 1 unspecified atom stereocenters. The monoisotopic (exact) mass is 301 g/mol. The fourth-order valence-corrected chi connectivity index (χ4v) is 2.12. The van der Waals surface area contributed by atoms with Gasteiger partial charge in [-0.3, -0.25) is 14.6 Å². The van der Waals surface area contributed by atoms with Gasteiger partial charge >= 0.3 is 0 Å². The lowest BCUT2D eigenvalue weighted by Crippen LogP contribution is -2.49. The number of amides is 2. The zero-order chi connectivity index (χ0) is 16.1. The second kappa shape index (κ2) is 6.89. The molecule has 1 atom stereocenters. The van der Waals surface area contributed by atoms with Gasteiger partial charge in [0.15, 0.2) is 6.61 Å². The van der Waals surface area contributed by atoms with E-state index in [2.05, 4.69) is 10.3 Å². The standard InChI is InChI=1S/C16H19N3O3/c1-10(2)14(16(17)21)19-13(20)9-22-12-7-3-5-11-6-4-8-18-15(11)12/h3-8,10,14H,9H2,1-2H3,(H2,17,21)(H,19,20). The van der Waals surface area contributed by atoms with Crippen LogP contribution < -0.4 is 15.8 Å². The molecule has 0 saturated carbocycles. The molecule has 1 aromatic carbocycles. The third kappa shape index (κ3) is 3.72. The Balaban J connectivity index is 2.03. The lowest BCUT2D eigenvalue weighted by Gasteiger charge is -2.19. The van der Waals surface area contributed by atoms with E-state index in [1.807, 2.05) is 38.1 Å². The van der Waals surface area contributed by atoms with Gasteiger partial charge in [0.05, 0.1) is 0 Å². The van der Waals surface area contributed by atoms with Crippen LogP contribution in [0.4, 0.5) is 0 Å². The summed E-state index contributed by atoms with van der Waals surface area (Å²) in [6.45, 7) is 3.42. The number of rotatable bonds is 6.